The highest BCUT2D eigenvalue weighted by Gasteiger charge is 2.31. The molecule has 3 rings (SSSR count). The summed E-state index contributed by atoms with van der Waals surface area (Å²) in [7, 11) is 0. The average molecular weight is 424 g/mol. The van der Waals surface area contributed by atoms with Gasteiger partial charge in [0, 0.05) is 51.0 Å². The van der Waals surface area contributed by atoms with Crippen LogP contribution in [0.4, 0.5) is 18.9 Å². The number of amides is 1. The summed E-state index contributed by atoms with van der Waals surface area (Å²) in [4.78, 5) is 16.1. The molecule has 164 valence electrons. The van der Waals surface area contributed by atoms with E-state index < -0.39 is 11.7 Å². The first-order valence-electron chi connectivity index (χ1n) is 10.2. The van der Waals surface area contributed by atoms with E-state index in [2.05, 4.69) is 20.5 Å². The zero-order valence-corrected chi connectivity index (χ0v) is 16.8. The van der Waals surface area contributed by atoms with Crippen molar-refractivity contribution in [3.05, 3.63) is 42.2 Å². The van der Waals surface area contributed by atoms with Gasteiger partial charge in [-0.25, -0.2) is 0 Å². The van der Waals surface area contributed by atoms with Gasteiger partial charge in [0.15, 0.2) is 0 Å². The summed E-state index contributed by atoms with van der Waals surface area (Å²) in [6, 6.07) is 5.52. The lowest BCUT2D eigenvalue weighted by atomic mass is 10.1. The molecule has 1 aromatic heterocycles. The monoisotopic (exact) mass is 424 g/mol. The summed E-state index contributed by atoms with van der Waals surface area (Å²) in [6.07, 6.45) is 1.22. The summed E-state index contributed by atoms with van der Waals surface area (Å²) in [5.41, 5.74) is 0.0175. The highest BCUT2D eigenvalue weighted by Crippen LogP contribution is 2.31. The van der Waals surface area contributed by atoms with Gasteiger partial charge in [0.1, 0.15) is 0 Å². The fourth-order valence-corrected chi connectivity index (χ4v) is 3.45. The number of aryl methyl sites for hydroxylation is 1. The van der Waals surface area contributed by atoms with Crippen LogP contribution in [0, 0.1) is 0 Å². The number of piperazine rings is 1. The third-order valence-corrected chi connectivity index (χ3v) is 5.17. The molecule has 1 aromatic carbocycles. The predicted molar refractivity (Wildman–Crippen MR) is 107 cm³/mol. The molecule has 1 amide bonds. The molecule has 2 aromatic rings. The summed E-state index contributed by atoms with van der Waals surface area (Å²) < 4.78 is 40.3. The molecule has 1 aliphatic heterocycles. The number of hydrogen-bond acceptors (Lipinski definition) is 5. The van der Waals surface area contributed by atoms with Crippen molar-refractivity contribution in [3.63, 3.8) is 0 Å². The number of rotatable bonds is 9. The van der Waals surface area contributed by atoms with E-state index in [0.717, 1.165) is 38.5 Å². The maximum atomic E-state index is 12.9. The first-order valence-corrected chi connectivity index (χ1v) is 10.2. The van der Waals surface area contributed by atoms with Crippen LogP contribution in [0.3, 0.4) is 0 Å². The molecule has 0 aliphatic carbocycles. The Morgan fingerprint density at radius 1 is 1.10 bits per heavy atom. The van der Waals surface area contributed by atoms with Gasteiger partial charge in [-0.1, -0.05) is 11.3 Å². The zero-order valence-electron chi connectivity index (χ0n) is 16.8. The number of anilines is 1. The molecule has 10 heteroatoms. The second-order valence-electron chi connectivity index (χ2n) is 7.35. The molecule has 0 atom stereocenters. The maximum absolute atomic E-state index is 12.9. The minimum atomic E-state index is -4.32. The first kappa shape index (κ1) is 22.1. The molecule has 30 heavy (non-hydrogen) atoms. The van der Waals surface area contributed by atoms with Crippen molar-refractivity contribution in [2.75, 3.05) is 44.2 Å². The lowest BCUT2D eigenvalue weighted by Crippen LogP contribution is -2.46. The number of benzene rings is 1. The fraction of sp³-hybridized carbons (Fsp3) is 0.550. The highest BCUT2D eigenvalue weighted by molar-refractivity contribution is 5.75. The van der Waals surface area contributed by atoms with E-state index in [1.165, 1.54) is 12.1 Å². The van der Waals surface area contributed by atoms with Crippen LogP contribution < -0.4 is 10.2 Å². The van der Waals surface area contributed by atoms with Gasteiger partial charge in [0.05, 0.1) is 18.3 Å². The van der Waals surface area contributed by atoms with Crippen LogP contribution in [0.5, 0.6) is 0 Å². The van der Waals surface area contributed by atoms with Gasteiger partial charge in [-0.2, -0.15) is 13.2 Å². The molecule has 1 fully saturated rings. The summed E-state index contributed by atoms with van der Waals surface area (Å²) in [6.45, 7) is 5.13. The molecule has 1 aliphatic rings. The molecule has 7 nitrogen and oxygen atoms in total. The van der Waals surface area contributed by atoms with Gasteiger partial charge < -0.3 is 10.2 Å². The van der Waals surface area contributed by atoms with Gasteiger partial charge in [-0.15, -0.1) is 5.10 Å². The van der Waals surface area contributed by atoms with Crippen LogP contribution in [-0.4, -0.2) is 65.1 Å². The first-order chi connectivity index (χ1) is 14.4. The van der Waals surface area contributed by atoms with Gasteiger partial charge >= 0.3 is 6.18 Å². The van der Waals surface area contributed by atoms with Crippen LogP contribution in [0.2, 0.25) is 0 Å². The SMILES string of the molecule is O=C(CCn1ccnn1)NCCCCN1CCN(c2cccc(C(F)(F)F)c2)CC1. The zero-order chi connectivity index (χ0) is 21.4. The van der Waals surface area contributed by atoms with Crippen molar-refractivity contribution < 1.29 is 18.0 Å². The van der Waals surface area contributed by atoms with Crippen LogP contribution in [0.15, 0.2) is 36.7 Å². The van der Waals surface area contributed by atoms with Gasteiger partial charge in [0.2, 0.25) is 5.91 Å². The number of carbonyl (C=O) groups is 1. The molecule has 2 heterocycles. The number of halogens is 3. The van der Waals surface area contributed by atoms with E-state index in [1.807, 2.05) is 4.90 Å². The Morgan fingerprint density at radius 3 is 2.60 bits per heavy atom. The largest absolute Gasteiger partial charge is 0.416 e. The Bertz CT molecular complexity index is 788. The molecule has 1 N–H and O–H groups in total. The van der Waals surface area contributed by atoms with E-state index in [-0.39, 0.29) is 5.91 Å². The molecule has 0 unspecified atom stereocenters. The van der Waals surface area contributed by atoms with Crippen molar-refractivity contribution in [2.24, 2.45) is 0 Å². The fourth-order valence-electron chi connectivity index (χ4n) is 3.45. The molecular formula is C20H27F3N6O. The Kier molecular flexibility index (Phi) is 7.67. The van der Waals surface area contributed by atoms with E-state index in [1.54, 1.807) is 23.1 Å². The standard InChI is InChI=1S/C20H27F3N6O/c21-20(22,23)17-4-3-5-18(16-17)28-14-12-27(13-15-28)9-2-1-7-24-19(30)6-10-29-11-8-25-26-29/h3-5,8,11,16H,1-2,6-7,9-10,12-15H2,(H,24,30). The second-order valence-corrected chi connectivity index (χ2v) is 7.35. The lowest BCUT2D eigenvalue weighted by Gasteiger charge is -2.36. The van der Waals surface area contributed by atoms with Crippen molar-refractivity contribution in [1.29, 1.82) is 0 Å². The number of nitrogens with zero attached hydrogens (tertiary/aromatic N) is 5. The topological polar surface area (TPSA) is 66.3 Å². The summed E-state index contributed by atoms with van der Waals surface area (Å²) in [5.74, 6) is 0.000187. The minimum absolute atomic E-state index is 0.000187. The average Bonchev–Trinajstić information content (AvgIpc) is 3.26. The number of nitrogens with one attached hydrogen (secondary N) is 1. The number of hydrogen-bond donors (Lipinski definition) is 1. The third kappa shape index (κ3) is 6.72. The number of aromatic nitrogens is 3. The molecular weight excluding hydrogens is 397 g/mol. The van der Waals surface area contributed by atoms with E-state index in [4.69, 9.17) is 0 Å². The molecule has 1 saturated heterocycles. The molecule has 0 bridgehead atoms. The minimum Gasteiger partial charge on any atom is -0.369 e. The van der Waals surface area contributed by atoms with Crippen LogP contribution in [0.25, 0.3) is 0 Å². The Hall–Kier alpha value is -2.62. The highest BCUT2D eigenvalue weighted by atomic mass is 19.4. The maximum Gasteiger partial charge on any atom is 0.416 e. The normalized spacial score (nSPS) is 15.4. The van der Waals surface area contributed by atoms with Gasteiger partial charge in [-0.3, -0.25) is 14.4 Å². The summed E-state index contributed by atoms with van der Waals surface area (Å²) >= 11 is 0. The van der Waals surface area contributed by atoms with Crippen LogP contribution in [-0.2, 0) is 17.5 Å². The van der Waals surface area contributed by atoms with E-state index in [9.17, 15) is 18.0 Å². The quantitative estimate of drug-likeness (QED) is 0.627. The Labute approximate surface area is 173 Å². The van der Waals surface area contributed by atoms with E-state index >= 15 is 0 Å². The smallest absolute Gasteiger partial charge is 0.369 e. The molecule has 0 radical (unpaired) electrons. The van der Waals surface area contributed by atoms with Gasteiger partial charge in [-0.05, 0) is 37.6 Å². The summed E-state index contributed by atoms with van der Waals surface area (Å²) in [5, 5.41) is 10.4. The second kappa shape index (κ2) is 10.4. The predicted octanol–water partition coefficient (Wildman–Crippen LogP) is 2.41. The number of unbranched alkanes of at least 4 members (excludes halogenated alkanes) is 1. The number of carbonyl (C=O) groups excluding carboxylic acids is 1. The van der Waals surface area contributed by atoms with Gasteiger partial charge in [0.25, 0.3) is 0 Å². The third-order valence-electron chi connectivity index (χ3n) is 5.17. The van der Waals surface area contributed by atoms with Crippen LogP contribution in [0.1, 0.15) is 24.8 Å². The van der Waals surface area contributed by atoms with Crippen molar-refractivity contribution in [1.82, 2.24) is 25.2 Å². The van der Waals surface area contributed by atoms with Crippen molar-refractivity contribution in [2.45, 2.75) is 32.0 Å². The van der Waals surface area contributed by atoms with E-state index in [0.29, 0.717) is 38.3 Å². The Balaban J connectivity index is 1.28. The van der Waals surface area contributed by atoms with Crippen molar-refractivity contribution >= 4 is 11.6 Å². The number of alkyl halides is 3. The molecule has 0 spiro atoms. The lowest BCUT2D eigenvalue weighted by molar-refractivity contribution is -0.137. The van der Waals surface area contributed by atoms with Crippen molar-refractivity contribution in [3.8, 4) is 0 Å². The Morgan fingerprint density at radius 2 is 1.90 bits per heavy atom. The molecule has 0 saturated carbocycles. The van der Waals surface area contributed by atoms with Crippen LogP contribution >= 0.6 is 0 Å².